The molecule has 0 saturated heterocycles. The number of hydrogen-bond donors (Lipinski definition) is 0. The number of pyridine rings is 1. The van der Waals surface area contributed by atoms with E-state index >= 15 is 0 Å². The van der Waals surface area contributed by atoms with Gasteiger partial charge in [0.25, 0.3) is 0 Å². The first-order valence-corrected chi connectivity index (χ1v) is 7.38. The summed E-state index contributed by atoms with van der Waals surface area (Å²) < 4.78 is 0. The molecule has 2 heterocycles. The molecule has 0 radical (unpaired) electrons. The summed E-state index contributed by atoms with van der Waals surface area (Å²) >= 11 is 0. The van der Waals surface area contributed by atoms with Crippen molar-refractivity contribution in [3.05, 3.63) is 60.3 Å². The minimum absolute atomic E-state index is 0.277. The summed E-state index contributed by atoms with van der Waals surface area (Å²) in [7, 11) is 0. The Morgan fingerprint density at radius 3 is 2.41 bits per heavy atom. The van der Waals surface area contributed by atoms with Gasteiger partial charge >= 0.3 is 0 Å². The van der Waals surface area contributed by atoms with Gasteiger partial charge in [0.1, 0.15) is 11.6 Å². The zero-order chi connectivity index (χ0) is 15.5. The van der Waals surface area contributed by atoms with Crippen LogP contribution in [0.3, 0.4) is 0 Å². The zero-order valence-corrected chi connectivity index (χ0v) is 13.0. The summed E-state index contributed by atoms with van der Waals surface area (Å²) in [6.45, 7) is 6.07. The van der Waals surface area contributed by atoms with Crippen molar-refractivity contribution in [3.63, 3.8) is 0 Å². The van der Waals surface area contributed by atoms with Gasteiger partial charge in [-0.3, -0.25) is 4.98 Å². The fraction of sp³-hybridized carbons (Fsp3) is 0.222. The molecule has 0 bridgehead atoms. The molecule has 0 N–H and O–H groups in total. The summed E-state index contributed by atoms with van der Waals surface area (Å²) in [6, 6.07) is 14.0. The van der Waals surface area contributed by atoms with Crippen molar-refractivity contribution in [3.8, 4) is 22.6 Å². The molecule has 2 aromatic heterocycles. The second-order valence-corrected chi connectivity index (χ2v) is 5.51. The molecular weight excluding hydrogens is 272 g/mol. The third kappa shape index (κ3) is 3.01. The summed E-state index contributed by atoms with van der Waals surface area (Å²) in [5.74, 6) is 2.57. The minimum atomic E-state index is 0.277. The van der Waals surface area contributed by atoms with E-state index in [1.807, 2.05) is 43.3 Å². The largest absolute Gasteiger partial charge is 0.256 e. The van der Waals surface area contributed by atoms with E-state index < -0.39 is 0 Å². The first-order valence-electron chi connectivity index (χ1n) is 7.38. The number of hydrogen-bond acceptors (Lipinski definition) is 4. The highest BCUT2D eigenvalue weighted by Gasteiger charge is 2.10. The van der Waals surface area contributed by atoms with E-state index in [0.29, 0.717) is 5.82 Å². The van der Waals surface area contributed by atoms with Gasteiger partial charge in [-0.1, -0.05) is 38.1 Å². The van der Waals surface area contributed by atoms with E-state index in [9.17, 15) is 0 Å². The Balaban J connectivity index is 2.06. The predicted molar refractivity (Wildman–Crippen MR) is 87.3 cm³/mol. The monoisotopic (exact) mass is 290 g/mol. The Morgan fingerprint density at radius 2 is 1.68 bits per heavy atom. The van der Waals surface area contributed by atoms with E-state index in [-0.39, 0.29) is 5.92 Å². The zero-order valence-electron chi connectivity index (χ0n) is 13.0. The summed E-state index contributed by atoms with van der Waals surface area (Å²) in [5.41, 5.74) is 2.98. The van der Waals surface area contributed by atoms with Crippen LogP contribution >= 0.6 is 0 Å². The van der Waals surface area contributed by atoms with E-state index in [1.54, 1.807) is 6.20 Å². The molecule has 0 aliphatic heterocycles. The van der Waals surface area contributed by atoms with E-state index in [2.05, 4.69) is 39.8 Å². The van der Waals surface area contributed by atoms with Crippen LogP contribution in [0.1, 0.15) is 31.4 Å². The highest BCUT2D eigenvalue weighted by atomic mass is 15.0. The standard InChI is InChI=1S/C18H18N4/c1-12(2)17-20-13(3)21-18(22-17)15-8-6-7-14(11-15)16-9-4-5-10-19-16/h4-12H,1-3H3. The molecule has 0 unspecified atom stereocenters. The third-order valence-electron chi connectivity index (χ3n) is 3.36. The summed E-state index contributed by atoms with van der Waals surface area (Å²) in [4.78, 5) is 17.9. The number of benzene rings is 1. The topological polar surface area (TPSA) is 51.6 Å². The Kier molecular flexibility index (Phi) is 3.92. The normalized spacial score (nSPS) is 10.9. The Labute approximate surface area is 130 Å². The Bertz CT molecular complexity index is 782. The maximum atomic E-state index is 4.60. The lowest BCUT2D eigenvalue weighted by molar-refractivity contribution is 0.750. The molecule has 4 nitrogen and oxygen atoms in total. The van der Waals surface area contributed by atoms with Crippen molar-refractivity contribution in [2.24, 2.45) is 0 Å². The van der Waals surface area contributed by atoms with Crippen LogP contribution in [0.15, 0.2) is 48.7 Å². The quantitative estimate of drug-likeness (QED) is 0.730. The molecule has 3 aromatic rings. The van der Waals surface area contributed by atoms with Gasteiger partial charge in [-0.25, -0.2) is 15.0 Å². The van der Waals surface area contributed by atoms with Crippen LogP contribution in [0, 0.1) is 6.92 Å². The van der Waals surface area contributed by atoms with E-state index in [4.69, 9.17) is 0 Å². The number of nitrogens with zero attached hydrogens (tertiary/aromatic N) is 4. The van der Waals surface area contributed by atoms with Crippen LogP contribution in [0.2, 0.25) is 0 Å². The first-order chi connectivity index (χ1) is 10.6. The maximum absolute atomic E-state index is 4.60. The number of aromatic nitrogens is 4. The molecular formula is C18H18N4. The predicted octanol–water partition coefficient (Wildman–Crippen LogP) is 4.03. The van der Waals surface area contributed by atoms with Crippen molar-refractivity contribution in [1.82, 2.24) is 19.9 Å². The van der Waals surface area contributed by atoms with Gasteiger partial charge in [-0.2, -0.15) is 0 Å². The average molecular weight is 290 g/mol. The Morgan fingerprint density at radius 1 is 0.864 bits per heavy atom. The highest BCUT2D eigenvalue weighted by molar-refractivity contribution is 5.67. The van der Waals surface area contributed by atoms with Crippen LogP contribution in [-0.2, 0) is 0 Å². The van der Waals surface area contributed by atoms with Crippen LogP contribution in [0.25, 0.3) is 22.6 Å². The minimum Gasteiger partial charge on any atom is -0.256 e. The van der Waals surface area contributed by atoms with Gasteiger partial charge in [0, 0.05) is 23.2 Å². The lowest BCUT2D eigenvalue weighted by atomic mass is 10.1. The maximum Gasteiger partial charge on any atom is 0.163 e. The highest BCUT2D eigenvalue weighted by Crippen LogP contribution is 2.23. The van der Waals surface area contributed by atoms with Crippen LogP contribution in [0.4, 0.5) is 0 Å². The summed E-state index contributed by atoms with van der Waals surface area (Å²) in [5, 5.41) is 0. The molecule has 110 valence electrons. The van der Waals surface area contributed by atoms with Gasteiger partial charge in [-0.15, -0.1) is 0 Å². The molecule has 0 spiro atoms. The molecule has 0 fully saturated rings. The second-order valence-electron chi connectivity index (χ2n) is 5.51. The number of rotatable bonds is 3. The van der Waals surface area contributed by atoms with Gasteiger partial charge < -0.3 is 0 Å². The van der Waals surface area contributed by atoms with Gasteiger partial charge in [0.05, 0.1) is 5.69 Å². The lowest BCUT2D eigenvalue weighted by Gasteiger charge is -2.08. The van der Waals surface area contributed by atoms with Crippen molar-refractivity contribution < 1.29 is 0 Å². The molecule has 0 aliphatic carbocycles. The van der Waals surface area contributed by atoms with Crippen molar-refractivity contribution in [2.45, 2.75) is 26.7 Å². The molecule has 22 heavy (non-hydrogen) atoms. The lowest BCUT2D eigenvalue weighted by Crippen LogP contribution is -2.04. The van der Waals surface area contributed by atoms with E-state index in [0.717, 1.165) is 28.5 Å². The van der Waals surface area contributed by atoms with Gasteiger partial charge in [-0.05, 0) is 25.1 Å². The van der Waals surface area contributed by atoms with Crippen molar-refractivity contribution in [2.75, 3.05) is 0 Å². The third-order valence-corrected chi connectivity index (χ3v) is 3.36. The Hall–Kier alpha value is -2.62. The van der Waals surface area contributed by atoms with Gasteiger partial charge in [0.2, 0.25) is 0 Å². The molecule has 0 aliphatic rings. The molecule has 0 atom stereocenters. The smallest absolute Gasteiger partial charge is 0.163 e. The SMILES string of the molecule is Cc1nc(-c2cccc(-c3ccccn3)c2)nc(C(C)C)n1. The fourth-order valence-electron chi connectivity index (χ4n) is 2.24. The molecule has 4 heteroatoms. The van der Waals surface area contributed by atoms with Crippen LogP contribution in [0.5, 0.6) is 0 Å². The summed E-state index contributed by atoms with van der Waals surface area (Å²) in [6.07, 6.45) is 1.80. The number of aryl methyl sites for hydroxylation is 1. The first kappa shape index (κ1) is 14.3. The van der Waals surface area contributed by atoms with Crippen molar-refractivity contribution in [1.29, 1.82) is 0 Å². The van der Waals surface area contributed by atoms with Crippen molar-refractivity contribution >= 4 is 0 Å². The second kappa shape index (κ2) is 6.02. The molecule has 0 saturated carbocycles. The van der Waals surface area contributed by atoms with Crippen LogP contribution in [-0.4, -0.2) is 19.9 Å². The van der Waals surface area contributed by atoms with Gasteiger partial charge in [0.15, 0.2) is 5.82 Å². The average Bonchev–Trinajstić information content (AvgIpc) is 2.55. The molecule has 0 amide bonds. The molecule has 1 aromatic carbocycles. The molecule has 3 rings (SSSR count). The van der Waals surface area contributed by atoms with E-state index in [1.165, 1.54) is 0 Å². The fourth-order valence-corrected chi connectivity index (χ4v) is 2.24. The van der Waals surface area contributed by atoms with Crippen LogP contribution < -0.4 is 0 Å².